The molecule has 2 aliphatic rings. The Labute approximate surface area is 303 Å². The molecule has 9 rings (SSSR count). The van der Waals surface area contributed by atoms with Crippen LogP contribution in [0.4, 0.5) is 11.4 Å². The SMILES string of the molecule is C#C/C=C\C1=C(C)N(c2ccc(-c3nc(-c4ccccc4)nc(-c4ccccc4)n3)cc2)c2ccccc2C12c1ccccc1Oc1ccccc12. The van der Waals surface area contributed by atoms with Gasteiger partial charge in [-0.25, -0.2) is 15.0 Å². The predicted octanol–water partition coefficient (Wildman–Crippen LogP) is 10.9. The molecule has 0 unspecified atom stereocenters. The quantitative estimate of drug-likeness (QED) is 0.171. The van der Waals surface area contributed by atoms with E-state index in [2.05, 4.69) is 96.6 Å². The zero-order chi connectivity index (χ0) is 35.1. The Kier molecular flexibility index (Phi) is 7.56. The molecule has 0 atom stereocenters. The monoisotopic (exact) mass is 668 g/mol. The number of para-hydroxylation sites is 3. The lowest BCUT2D eigenvalue weighted by atomic mass is 9.60. The molecule has 0 radical (unpaired) electrons. The van der Waals surface area contributed by atoms with Crippen molar-refractivity contribution in [2.75, 3.05) is 4.90 Å². The lowest BCUT2D eigenvalue weighted by molar-refractivity contribution is 0.432. The van der Waals surface area contributed by atoms with Crippen LogP contribution in [0.25, 0.3) is 34.2 Å². The Bertz CT molecular complexity index is 2460. The lowest BCUT2D eigenvalue weighted by Gasteiger charge is -2.48. The van der Waals surface area contributed by atoms with E-state index in [-0.39, 0.29) is 0 Å². The van der Waals surface area contributed by atoms with Gasteiger partial charge in [0, 0.05) is 39.2 Å². The summed E-state index contributed by atoms with van der Waals surface area (Å²) in [6, 6.07) is 53.8. The van der Waals surface area contributed by atoms with Gasteiger partial charge in [-0.2, -0.15) is 0 Å². The minimum atomic E-state index is -0.664. The van der Waals surface area contributed by atoms with Crippen molar-refractivity contribution in [2.24, 2.45) is 0 Å². The smallest absolute Gasteiger partial charge is 0.164 e. The van der Waals surface area contributed by atoms with Crippen LogP contribution in [0.1, 0.15) is 23.6 Å². The summed E-state index contributed by atoms with van der Waals surface area (Å²) in [6.45, 7) is 2.17. The van der Waals surface area contributed by atoms with E-state index in [4.69, 9.17) is 26.1 Å². The van der Waals surface area contributed by atoms with Crippen molar-refractivity contribution in [2.45, 2.75) is 12.3 Å². The first kappa shape index (κ1) is 31.0. The number of aromatic nitrogens is 3. The number of anilines is 2. The first-order valence-corrected chi connectivity index (χ1v) is 17.2. The molecular weight excluding hydrogens is 637 g/mol. The molecule has 5 heteroatoms. The van der Waals surface area contributed by atoms with Crippen LogP contribution in [-0.2, 0) is 5.41 Å². The van der Waals surface area contributed by atoms with Crippen LogP contribution in [0.2, 0.25) is 0 Å². The number of nitrogens with zero attached hydrogens (tertiary/aromatic N) is 4. The maximum absolute atomic E-state index is 6.53. The number of allylic oxidation sites excluding steroid dienone is 4. The van der Waals surface area contributed by atoms with Crippen molar-refractivity contribution in [1.82, 2.24) is 15.0 Å². The van der Waals surface area contributed by atoms with Gasteiger partial charge in [-0.05, 0) is 72.7 Å². The van der Waals surface area contributed by atoms with E-state index in [9.17, 15) is 0 Å². The highest BCUT2D eigenvalue weighted by Gasteiger charge is 2.50. The molecule has 0 N–H and O–H groups in total. The predicted molar refractivity (Wildman–Crippen MR) is 208 cm³/mol. The van der Waals surface area contributed by atoms with Gasteiger partial charge in [0.05, 0.1) is 11.1 Å². The lowest BCUT2D eigenvalue weighted by Crippen LogP contribution is -2.41. The van der Waals surface area contributed by atoms with Crippen LogP contribution in [0, 0.1) is 12.3 Å². The van der Waals surface area contributed by atoms with E-state index in [0.717, 1.165) is 67.5 Å². The van der Waals surface area contributed by atoms with Crippen LogP contribution in [0.3, 0.4) is 0 Å². The second kappa shape index (κ2) is 12.7. The summed E-state index contributed by atoms with van der Waals surface area (Å²) in [7, 11) is 0. The second-order valence-electron chi connectivity index (χ2n) is 12.8. The third kappa shape index (κ3) is 4.93. The molecule has 1 spiro atoms. The Morgan fingerprint density at radius 2 is 1.02 bits per heavy atom. The second-order valence-corrected chi connectivity index (χ2v) is 12.8. The number of hydrogen-bond acceptors (Lipinski definition) is 5. The molecule has 246 valence electrons. The molecule has 1 aromatic heterocycles. The van der Waals surface area contributed by atoms with Gasteiger partial charge in [-0.3, -0.25) is 0 Å². The molecule has 7 aromatic rings. The summed E-state index contributed by atoms with van der Waals surface area (Å²) in [5.41, 5.74) is 9.60. The minimum Gasteiger partial charge on any atom is -0.457 e. The maximum atomic E-state index is 6.53. The number of rotatable bonds is 5. The summed E-state index contributed by atoms with van der Waals surface area (Å²) < 4.78 is 6.53. The first-order chi connectivity index (χ1) is 25.7. The average Bonchev–Trinajstić information content (AvgIpc) is 3.21. The van der Waals surface area contributed by atoms with Crippen LogP contribution < -0.4 is 9.64 Å². The molecule has 2 aliphatic heterocycles. The maximum Gasteiger partial charge on any atom is 0.164 e. The largest absolute Gasteiger partial charge is 0.457 e. The normalized spacial score (nSPS) is 14.0. The van der Waals surface area contributed by atoms with Gasteiger partial charge in [0.25, 0.3) is 0 Å². The van der Waals surface area contributed by atoms with Crippen molar-refractivity contribution in [1.29, 1.82) is 0 Å². The number of ether oxygens (including phenoxy) is 1. The molecule has 0 saturated heterocycles. The molecular formula is C47H32N4O. The Morgan fingerprint density at radius 3 is 1.56 bits per heavy atom. The Balaban J connectivity index is 1.22. The number of hydrogen-bond donors (Lipinski definition) is 0. The average molecular weight is 669 g/mol. The highest BCUT2D eigenvalue weighted by atomic mass is 16.5. The molecule has 52 heavy (non-hydrogen) atoms. The van der Waals surface area contributed by atoms with Gasteiger partial charge in [-0.1, -0.05) is 121 Å². The van der Waals surface area contributed by atoms with Gasteiger partial charge in [0.15, 0.2) is 17.5 Å². The minimum absolute atomic E-state index is 0.609. The van der Waals surface area contributed by atoms with E-state index in [0.29, 0.717) is 17.5 Å². The molecule has 0 aliphatic carbocycles. The van der Waals surface area contributed by atoms with Gasteiger partial charge >= 0.3 is 0 Å². The highest BCUT2D eigenvalue weighted by molar-refractivity contribution is 5.85. The fraction of sp³-hybridized carbons (Fsp3) is 0.0426. The standard InChI is InChI=1S/C47H32N4O/c1-3-4-21-37-32(2)51(41-25-14-11-22-38(41)47(37)39-23-12-15-26-42(39)52-43-27-16-13-24-40(43)47)36-30-28-35(29-31-36)46-49-44(33-17-7-5-8-18-33)48-45(50-46)34-19-9-6-10-20-34/h1,4-31H,2H3/b21-4-. The van der Waals surface area contributed by atoms with E-state index < -0.39 is 5.41 Å². The van der Waals surface area contributed by atoms with E-state index in [1.54, 1.807) is 6.08 Å². The van der Waals surface area contributed by atoms with Gasteiger partial charge in [0.2, 0.25) is 0 Å². The fourth-order valence-electron chi connectivity index (χ4n) is 7.69. The summed E-state index contributed by atoms with van der Waals surface area (Å²) in [5.74, 6) is 6.28. The van der Waals surface area contributed by atoms with Crippen LogP contribution >= 0.6 is 0 Å². The Hall–Kier alpha value is -7.03. The summed E-state index contributed by atoms with van der Waals surface area (Å²) in [6.07, 6.45) is 9.78. The number of fused-ring (bicyclic) bond motifs is 6. The molecule has 0 saturated carbocycles. The summed E-state index contributed by atoms with van der Waals surface area (Å²) in [4.78, 5) is 17.1. The van der Waals surface area contributed by atoms with E-state index >= 15 is 0 Å². The molecule has 5 nitrogen and oxygen atoms in total. The Morgan fingerprint density at radius 1 is 0.558 bits per heavy atom. The molecule has 0 amide bonds. The van der Waals surface area contributed by atoms with Crippen molar-refractivity contribution < 1.29 is 4.74 Å². The van der Waals surface area contributed by atoms with Crippen molar-refractivity contribution in [3.63, 3.8) is 0 Å². The highest BCUT2D eigenvalue weighted by Crippen LogP contribution is 2.61. The third-order valence-electron chi connectivity index (χ3n) is 9.91. The van der Waals surface area contributed by atoms with Crippen molar-refractivity contribution in [3.05, 3.63) is 198 Å². The van der Waals surface area contributed by atoms with Gasteiger partial charge in [0.1, 0.15) is 11.5 Å². The number of benzene rings is 6. The fourth-order valence-corrected chi connectivity index (χ4v) is 7.69. The third-order valence-corrected chi connectivity index (χ3v) is 9.91. The summed E-state index contributed by atoms with van der Waals surface area (Å²) >= 11 is 0. The molecule has 3 heterocycles. The molecule has 0 fully saturated rings. The van der Waals surface area contributed by atoms with Crippen LogP contribution in [0.5, 0.6) is 11.5 Å². The topological polar surface area (TPSA) is 51.1 Å². The summed E-state index contributed by atoms with van der Waals surface area (Å²) in [5, 5.41) is 0. The van der Waals surface area contributed by atoms with E-state index in [1.807, 2.05) is 84.9 Å². The van der Waals surface area contributed by atoms with Crippen molar-refractivity contribution >= 4 is 11.4 Å². The van der Waals surface area contributed by atoms with Gasteiger partial charge < -0.3 is 9.64 Å². The van der Waals surface area contributed by atoms with Gasteiger partial charge in [-0.15, -0.1) is 6.42 Å². The molecule has 6 aromatic carbocycles. The van der Waals surface area contributed by atoms with Crippen LogP contribution in [0.15, 0.2) is 181 Å². The van der Waals surface area contributed by atoms with E-state index in [1.165, 1.54) is 0 Å². The van der Waals surface area contributed by atoms with Crippen LogP contribution in [-0.4, -0.2) is 15.0 Å². The molecule has 0 bridgehead atoms. The number of terminal acetylenes is 1. The first-order valence-electron chi connectivity index (χ1n) is 17.2. The zero-order valence-corrected chi connectivity index (χ0v) is 28.4. The zero-order valence-electron chi connectivity index (χ0n) is 28.4. The van der Waals surface area contributed by atoms with Crippen molar-refractivity contribution in [3.8, 4) is 58.0 Å².